The van der Waals surface area contributed by atoms with Crippen molar-refractivity contribution in [2.75, 3.05) is 29.9 Å². The fourth-order valence-electron chi connectivity index (χ4n) is 5.14. The number of hydrogen-bond acceptors (Lipinski definition) is 4. The highest BCUT2D eigenvalue weighted by molar-refractivity contribution is 6.10. The summed E-state index contributed by atoms with van der Waals surface area (Å²) in [5.74, 6) is -0.517. The minimum absolute atomic E-state index is 0.0829. The van der Waals surface area contributed by atoms with E-state index in [-0.39, 0.29) is 24.3 Å². The molecule has 1 aromatic carbocycles. The van der Waals surface area contributed by atoms with Gasteiger partial charge in [-0.3, -0.25) is 14.5 Å². The lowest BCUT2D eigenvalue weighted by Crippen LogP contribution is -2.54. The number of urea groups is 1. The number of rotatable bonds is 4. The maximum absolute atomic E-state index is 13.1. The first-order chi connectivity index (χ1) is 14.5. The molecule has 4 rings (SSSR count). The molecular formula is C23H32N4O3. The number of para-hydroxylation sites is 2. The molecule has 1 aromatic rings. The number of imide groups is 1. The van der Waals surface area contributed by atoms with Gasteiger partial charge >= 0.3 is 6.03 Å². The quantitative estimate of drug-likeness (QED) is 0.742. The number of amides is 4. The van der Waals surface area contributed by atoms with Gasteiger partial charge in [-0.1, -0.05) is 44.7 Å². The molecule has 1 saturated carbocycles. The zero-order valence-electron chi connectivity index (χ0n) is 17.8. The largest absolute Gasteiger partial charge is 0.370 e. The van der Waals surface area contributed by atoms with Crippen LogP contribution in [-0.4, -0.2) is 47.9 Å². The molecule has 0 bridgehead atoms. The van der Waals surface area contributed by atoms with Crippen LogP contribution in [0.4, 0.5) is 16.2 Å². The van der Waals surface area contributed by atoms with Gasteiger partial charge in [0.15, 0.2) is 0 Å². The second-order valence-electron chi connectivity index (χ2n) is 8.91. The smallest absolute Gasteiger partial charge is 0.325 e. The Morgan fingerprint density at radius 1 is 1.10 bits per heavy atom. The van der Waals surface area contributed by atoms with Crippen molar-refractivity contribution >= 4 is 29.2 Å². The predicted molar refractivity (Wildman–Crippen MR) is 116 cm³/mol. The molecule has 0 aromatic heterocycles. The Kier molecular flexibility index (Phi) is 5.97. The number of carbonyl (C=O) groups is 3. The monoisotopic (exact) mass is 412 g/mol. The van der Waals surface area contributed by atoms with Crippen LogP contribution in [0, 0.1) is 5.92 Å². The molecule has 0 radical (unpaired) electrons. The Labute approximate surface area is 178 Å². The average Bonchev–Trinajstić information content (AvgIpc) is 2.92. The molecule has 2 unspecified atom stereocenters. The van der Waals surface area contributed by atoms with Crippen molar-refractivity contribution in [2.24, 2.45) is 5.92 Å². The molecule has 1 spiro atoms. The summed E-state index contributed by atoms with van der Waals surface area (Å²) in [5, 5.41) is 5.85. The van der Waals surface area contributed by atoms with Gasteiger partial charge in [-0.2, -0.15) is 0 Å². The van der Waals surface area contributed by atoms with Crippen LogP contribution >= 0.6 is 0 Å². The second-order valence-corrected chi connectivity index (χ2v) is 8.91. The Bertz CT molecular complexity index is 818. The molecule has 162 valence electrons. The van der Waals surface area contributed by atoms with E-state index in [1.165, 1.54) is 12.8 Å². The van der Waals surface area contributed by atoms with Gasteiger partial charge in [0.2, 0.25) is 5.91 Å². The van der Waals surface area contributed by atoms with Crippen LogP contribution in [0.2, 0.25) is 0 Å². The number of nitrogens with zero attached hydrogens (tertiary/aromatic N) is 2. The van der Waals surface area contributed by atoms with Crippen LogP contribution in [0.25, 0.3) is 0 Å². The summed E-state index contributed by atoms with van der Waals surface area (Å²) in [7, 11) is 0. The van der Waals surface area contributed by atoms with E-state index in [9.17, 15) is 14.4 Å². The Hall–Kier alpha value is -2.57. The summed E-state index contributed by atoms with van der Waals surface area (Å²) in [5.41, 5.74) is 0.902. The number of carbonyl (C=O) groups excluding carboxylic acids is 3. The number of benzene rings is 1. The summed E-state index contributed by atoms with van der Waals surface area (Å²) < 4.78 is 0. The normalized spacial score (nSPS) is 27.2. The fourth-order valence-corrected chi connectivity index (χ4v) is 5.14. The minimum atomic E-state index is -0.834. The van der Waals surface area contributed by atoms with E-state index in [4.69, 9.17) is 0 Å². The van der Waals surface area contributed by atoms with Crippen LogP contribution in [0.3, 0.4) is 0 Å². The highest BCUT2D eigenvalue weighted by atomic mass is 16.2. The van der Waals surface area contributed by atoms with Gasteiger partial charge in [0.25, 0.3) is 5.91 Å². The molecule has 30 heavy (non-hydrogen) atoms. The molecule has 2 heterocycles. The fraction of sp³-hybridized carbons (Fsp3) is 0.609. The SMILES string of the molecule is CC1CCCCC12NC(=O)N(CC(=O)Nc1ccccc1N1CCCCCC1)C2=O. The van der Waals surface area contributed by atoms with Crippen molar-refractivity contribution in [1.82, 2.24) is 10.2 Å². The van der Waals surface area contributed by atoms with E-state index in [2.05, 4.69) is 15.5 Å². The zero-order chi connectivity index (χ0) is 21.1. The van der Waals surface area contributed by atoms with Crippen molar-refractivity contribution in [2.45, 2.75) is 63.8 Å². The van der Waals surface area contributed by atoms with Crippen molar-refractivity contribution in [3.05, 3.63) is 24.3 Å². The van der Waals surface area contributed by atoms with Crippen LogP contribution < -0.4 is 15.5 Å². The van der Waals surface area contributed by atoms with E-state index in [1.54, 1.807) is 0 Å². The average molecular weight is 413 g/mol. The maximum Gasteiger partial charge on any atom is 0.325 e. The lowest BCUT2D eigenvalue weighted by atomic mass is 9.73. The van der Waals surface area contributed by atoms with Gasteiger partial charge in [0.1, 0.15) is 12.1 Å². The van der Waals surface area contributed by atoms with Crippen molar-refractivity contribution in [3.63, 3.8) is 0 Å². The van der Waals surface area contributed by atoms with Gasteiger partial charge in [-0.05, 0) is 43.7 Å². The molecular weight excluding hydrogens is 380 g/mol. The Morgan fingerprint density at radius 2 is 1.83 bits per heavy atom. The van der Waals surface area contributed by atoms with Gasteiger partial charge in [-0.15, -0.1) is 0 Å². The Morgan fingerprint density at radius 3 is 2.57 bits per heavy atom. The summed E-state index contributed by atoms with van der Waals surface area (Å²) in [4.78, 5) is 41.9. The molecule has 2 saturated heterocycles. The maximum atomic E-state index is 13.1. The summed E-state index contributed by atoms with van der Waals surface area (Å²) >= 11 is 0. The highest BCUT2D eigenvalue weighted by Crippen LogP contribution is 2.38. The number of nitrogens with one attached hydrogen (secondary N) is 2. The third-order valence-electron chi connectivity index (χ3n) is 6.93. The Balaban J connectivity index is 1.45. The first-order valence-electron chi connectivity index (χ1n) is 11.3. The van der Waals surface area contributed by atoms with E-state index in [0.29, 0.717) is 6.42 Å². The van der Waals surface area contributed by atoms with Gasteiger partial charge in [0, 0.05) is 13.1 Å². The van der Waals surface area contributed by atoms with Crippen LogP contribution in [-0.2, 0) is 9.59 Å². The number of anilines is 2. The second kappa shape index (κ2) is 8.66. The molecule has 1 aliphatic carbocycles. The first-order valence-corrected chi connectivity index (χ1v) is 11.3. The molecule has 4 amide bonds. The van der Waals surface area contributed by atoms with E-state index in [1.807, 2.05) is 31.2 Å². The van der Waals surface area contributed by atoms with E-state index >= 15 is 0 Å². The molecule has 3 fully saturated rings. The summed E-state index contributed by atoms with van der Waals surface area (Å²) in [6.45, 7) is 3.70. The molecule has 7 heteroatoms. The van der Waals surface area contributed by atoms with Crippen LogP contribution in [0.15, 0.2) is 24.3 Å². The van der Waals surface area contributed by atoms with Crippen molar-refractivity contribution < 1.29 is 14.4 Å². The highest BCUT2D eigenvalue weighted by Gasteiger charge is 2.55. The lowest BCUT2D eigenvalue weighted by molar-refractivity contribution is -0.136. The molecule has 3 aliphatic rings. The number of hydrogen-bond donors (Lipinski definition) is 2. The first kappa shape index (κ1) is 20.7. The summed E-state index contributed by atoms with van der Waals surface area (Å²) in [6, 6.07) is 7.32. The molecule has 7 nitrogen and oxygen atoms in total. The molecule has 2 N–H and O–H groups in total. The van der Waals surface area contributed by atoms with E-state index in [0.717, 1.165) is 61.5 Å². The lowest BCUT2D eigenvalue weighted by Gasteiger charge is -2.36. The van der Waals surface area contributed by atoms with Crippen LogP contribution in [0.1, 0.15) is 58.3 Å². The van der Waals surface area contributed by atoms with E-state index < -0.39 is 11.6 Å². The van der Waals surface area contributed by atoms with Crippen LogP contribution in [0.5, 0.6) is 0 Å². The molecule has 2 atom stereocenters. The van der Waals surface area contributed by atoms with Crippen molar-refractivity contribution in [1.29, 1.82) is 0 Å². The summed E-state index contributed by atoms with van der Waals surface area (Å²) in [6.07, 6.45) is 8.30. The van der Waals surface area contributed by atoms with Gasteiger partial charge in [0.05, 0.1) is 11.4 Å². The standard InChI is InChI=1S/C23H32N4O3/c1-17-10-6-7-13-23(17)21(29)27(22(30)25-23)16-20(28)24-18-11-4-5-12-19(18)26-14-8-2-3-9-15-26/h4-5,11-12,17H,2-3,6-10,13-16H2,1H3,(H,24,28)(H,25,30). The minimum Gasteiger partial charge on any atom is -0.370 e. The van der Waals surface area contributed by atoms with Gasteiger partial charge < -0.3 is 15.5 Å². The predicted octanol–water partition coefficient (Wildman–Crippen LogP) is 3.51. The van der Waals surface area contributed by atoms with Crippen molar-refractivity contribution in [3.8, 4) is 0 Å². The van der Waals surface area contributed by atoms with Gasteiger partial charge in [-0.25, -0.2) is 4.79 Å². The topological polar surface area (TPSA) is 81.8 Å². The third kappa shape index (κ3) is 3.89. The third-order valence-corrected chi connectivity index (χ3v) is 6.93. The zero-order valence-corrected chi connectivity index (χ0v) is 17.8. The molecule has 2 aliphatic heterocycles.